The van der Waals surface area contributed by atoms with Gasteiger partial charge in [0.2, 0.25) is 0 Å². The van der Waals surface area contributed by atoms with Crippen molar-refractivity contribution < 1.29 is 28.7 Å². The number of thioether (sulfide) groups is 1. The lowest BCUT2D eigenvalue weighted by molar-refractivity contribution is -0.147. The number of ether oxygens (including phenoxy) is 2. The molecule has 1 aliphatic heterocycles. The van der Waals surface area contributed by atoms with E-state index >= 15 is 0 Å². The van der Waals surface area contributed by atoms with Crippen LogP contribution in [0.15, 0.2) is 24.3 Å². The molecule has 2 rings (SSSR count). The number of rotatable bonds is 7. The van der Waals surface area contributed by atoms with Gasteiger partial charge >= 0.3 is 11.9 Å². The van der Waals surface area contributed by atoms with Crippen molar-refractivity contribution in [2.24, 2.45) is 0 Å². The quantitative estimate of drug-likeness (QED) is 0.730. The van der Waals surface area contributed by atoms with Crippen LogP contribution in [0, 0.1) is 0 Å². The molecule has 0 aliphatic carbocycles. The smallest absolute Gasteiger partial charge is 0.338 e. The third-order valence-corrected chi connectivity index (χ3v) is 4.10. The lowest BCUT2D eigenvalue weighted by Gasteiger charge is -2.13. The Morgan fingerprint density at radius 3 is 2.52 bits per heavy atom. The molecule has 2 amide bonds. The Labute approximate surface area is 148 Å². The fourth-order valence-corrected chi connectivity index (χ4v) is 2.84. The van der Waals surface area contributed by atoms with Crippen molar-refractivity contribution in [3.05, 3.63) is 29.8 Å². The summed E-state index contributed by atoms with van der Waals surface area (Å²) in [6, 6.07) is 6.14. The summed E-state index contributed by atoms with van der Waals surface area (Å²) >= 11 is 1.15. The van der Waals surface area contributed by atoms with E-state index in [4.69, 9.17) is 9.47 Å². The first kappa shape index (κ1) is 18.8. The Bertz CT molecular complexity index is 661. The van der Waals surface area contributed by atoms with E-state index in [2.05, 4.69) is 5.32 Å². The van der Waals surface area contributed by atoms with Gasteiger partial charge in [0.25, 0.3) is 11.1 Å². The molecule has 1 saturated heterocycles. The molecule has 1 aromatic carbocycles. The van der Waals surface area contributed by atoms with E-state index in [1.807, 2.05) is 0 Å². The van der Waals surface area contributed by atoms with Crippen LogP contribution in [0.25, 0.3) is 0 Å². The van der Waals surface area contributed by atoms with Crippen LogP contribution in [0.1, 0.15) is 17.3 Å². The van der Waals surface area contributed by atoms with Gasteiger partial charge < -0.3 is 19.7 Å². The van der Waals surface area contributed by atoms with Gasteiger partial charge in [-0.1, -0.05) is 11.8 Å². The maximum atomic E-state index is 11.8. The summed E-state index contributed by atoms with van der Waals surface area (Å²) in [7, 11) is 0. The SMILES string of the molecule is CCOC(=O)c1ccc(NC(=O)COC(=O)CN2CCSC2=O)cc1. The minimum Gasteiger partial charge on any atom is -0.462 e. The van der Waals surface area contributed by atoms with Gasteiger partial charge in [0.05, 0.1) is 12.2 Å². The number of amides is 2. The zero-order valence-corrected chi connectivity index (χ0v) is 14.5. The van der Waals surface area contributed by atoms with Gasteiger partial charge in [0, 0.05) is 18.0 Å². The molecule has 0 unspecified atom stereocenters. The van der Waals surface area contributed by atoms with Crippen LogP contribution in [0.2, 0.25) is 0 Å². The van der Waals surface area contributed by atoms with Gasteiger partial charge in [-0.05, 0) is 31.2 Å². The Morgan fingerprint density at radius 1 is 1.20 bits per heavy atom. The van der Waals surface area contributed by atoms with Crippen molar-refractivity contribution in [1.29, 1.82) is 0 Å². The molecule has 0 atom stereocenters. The highest BCUT2D eigenvalue weighted by Gasteiger charge is 2.24. The summed E-state index contributed by atoms with van der Waals surface area (Å²) in [6.45, 7) is 1.88. The maximum absolute atomic E-state index is 11.8. The molecule has 25 heavy (non-hydrogen) atoms. The summed E-state index contributed by atoms with van der Waals surface area (Å²) in [4.78, 5) is 47.7. The molecule has 0 spiro atoms. The lowest BCUT2D eigenvalue weighted by Crippen LogP contribution is -2.32. The van der Waals surface area contributed by atoms with Crippen molar-refractivity contribution in [3.8, 4) is 0 Å². The van der Waals surface area contributed by atoms with Gasteiger partial charge in [0.1, 0.15) is 6.54 Å². The van der Waals surface area contributed by atoms with Crippen LogP contribution < -0.4 is 5.32 Å². The normalized spacial score (nSPS) is 13.5. The highest BCUT2D eigenvalue weighted by molar-refractivity contribution is 8.13. The number of hydrogen-bond acceptors (Lipinski definition) is 7. The van der Waals surface area contributed by atoms with Gasteiger partial charge in [0.15, 0.2) is 6.61 Å². The predicted molar refractivity (Wildman–Crippen MR) is 91.4 cm³/mol. The zero-order chi connectivity index (χ0) is 18.2. The lowest BCUT2D eigenvalue weighted by atomic mass is 10.2. The van der Waals surface area contributed by atoms with Gasteiger partial charge in [-0.3, -0.25) is 14.4 Å². The molecule has 1 aromatic rings. The second-order valence-corrected chi connectivity index (χ2v) is 6.09. The number of carbonyl (C=O) groups is 4. The molecule has 9 heteroatoms. The first-order valence-electron chi connectivity index (χ1n) is 7.64. The van der Waals surface area contributed by atoms with Crippen molar-refractivity contribution in [3.63, 3.8) is 0 Å². The topological polar surface area (TPSA) is 102 Å². The largest absolute Gasteiger partial charge is 0.462 e. The van der Waals surface area contributed by atoms with Crippen LogP contribution >= 0.6 is 11.8 Å². The van der Waals surface area contributed by atoms with Crippen molar-refractivity contribution >= 4 is 40.5 Å². The molecule has 0 saturated carbocycles. The molecule has 1 aliphatic rings. The van der Waals surface area contributed by atoms with Crippen LogP contribution in [0.5, 0.6) is 0 Å². The molecule has 8 nitrogen and oxygen atoms in total. The summed E-state index contributed by atoms with van der Waals surface area (Å²) in [5.74, 6) is -0.944. The third kappa shape index (κ3) is 5.79. The number of nitrogens with zero attached hydrogens (tertiary/aromatic N) is 1. The van der Waals surface area contributed by atoms with Crippen LogP contribution in [0.4, 0.5) is 10.5 Å². The first-order chi connectivity index (χ1) is 12.0. The molecule has 0 aromatic heterocycles. The molecule has 1 N–H and O–H groups in total. The number of benzene rings is 1. The molecule has 1 fully saturated rings. The Kier molecular flexibility index (Phi) is 6.81. The average molecular weight is 366 g/mol. The van der Waals surface area contributed by atoms with Gasteiger partial charge in [-0.2, -0.15) is 0 Å². The van der Waals surface area contributed by atoms with Crippen LogP contribution in [0.3, 0.4) is 0 Å². The fourth-order valence-electron chi connectivity index (χ4n) is 2.02. The molecule has 134 valence electrons. The third-order valence-electron chi connectivity index (χ3n) is 3.21. The number of carbonyl (C=O) groups excluding carboxylic acids is 4. The molecule has 0 bridgehead atoms. The van der Waals surface area contributed by atoms with Crippen molar-refractivity contribution in [1.82, 2.24) is 4.90 Å². The monoisotopic (exact) mass is 366 g/mol. The van der Waals surface area contributed by atoms with Crippen LogP contribution in [-0.4, -0.2) is 60.0 Å². The van der Waals surface area contributed by atoms with Gasteiger partial charge in [-0.25, -0.2) is 4.79 Å². The van der Waals surface area contributed by atoms with E-state index in [1.54, 1.807) is 19.1 Å². The zero-order valence-electron chi connectivity index (χ0n) is 13.6. The number of nitrogens with one attached hydrogen (secondary N) is 1. The van der Waals surface area contributed by atoms with E-state index in [0.29, 0.717) is 23.5 Å². The van der Waals surface area contributed by atoms with Crippen LogP contribution in [-0.2, 0) is 19.1 Å². The van der Waals surface area contributed by atoms with E-state index in [9.17, 15) is 19.2 Å². The summed E-state index contributed by atoms with van der Waals surface area (Å²) < 4.78 is 9.71. The molecule has 0 radical (unpaired) electrons. The van der Waals surface area contributed by atoms with Gasteiger partial charge in [-0.15, -0.1) is 0 Å². The highest BCUT2D eigenvalue weighted by Crippen LogP contribution is 2.16. The summed E-state index contributed by atoms with van der Waals surface area (Å²) in [6.07, 6.45) is 0. The predicted octanol–water partition coefficient (Wildman–Crippen LogP) is 1.51. The fraction of sp³-hybridized carbons (Fsp3) is 0.375. The number of esters is 2. The number of hydrogen-bond donors (Lipinski definition) is 1. The minimum absolute atomic E-state index is 0.159. The van der Waals surface area contributed by atoms with E-state index in [1.165, 1.54) is 17.0 Å². The minimum atomic E-state index is -0.636. The Balaban J connectivity index is 1.75. The van der Waals surface area contributed by atoms with Crippen molar-refractivity contribution in [2.75, 3.05) is 37.4 Å². The standard InChI is InChI=1S/C16H18N2O6S/c1-2-23-15(21)11-3-5-12(6-4-11)17-13(19)10-24-14(20)9-18-7-8-25-16(18)22/h3-6H,2,7-10H2,1H3,(H,17,19). The first-order valence-corrected chi connectivity index (χ1v) is 8.62. The molecule has 1 heterocycles. The summed E-state index contributed by atoms with van der Waals surface area (Å²) in [5.41, 5.74) is 0.833. The summed E-state index contributed by atoms with van der Waals surface area (Å²) in [5, 5.41) is 2.38. The molecular formula is C16H18N2O6S. The van der Waals surface area contributed by atoms with Crippen molar-refractivity contribution in [2.45, 2.75) is 6.92 Å². The van der Waals surface area contributed by atoms with E-state index < -0.39 is 24.5 Å². The van der Waals surface area contributed by atoms with E-state index in [-0.39, 0.29) is 18.4 Å². The maximum Gasteiger partial charge on any atom is 0.338 e. The highest BCUT2D eigenvalue weighted by atomic mass is 32.2. The average Bonchev–Trinajstić information content (AvgIpc) is 2.99. The Hall–Kier alpha value is -2.55. The molecular weight excluding hydrogens is 348 g/mol. The number of anilines is 1. The second kappa shape index (κ2) is 9.07. The second-order valence-electron chi connectivity index (χ2n) is 5.04. The Morgan fingerprint density at radius 2 is 1.92 bits per heavy atom. The van der Waals surface area contributed by atoms with E-state index in [0.717, 1.165) is 11.8 Å².